The van der Waals surface area contributed by atoms with Crippen molar-refractivity contribution in [1.29, 1.82) is 0 Å². The standard InChI is InChI=1S/C22H18N4O4/c27-19(9-11-26-20(28)14-4-1-2-5-15(14)21(26)29)23-13-7-8-17-16(12-13)22(30)25-10-3-6-18(25)24-17/h1-2,4-5,7-8,12H,3,6,9-11H2,(H,23,27). The Morgan fingerprint density at radius 3 is 2.50 bits per heavy atom. The third-order valence-electron chi connectivity index (χ3n) is 5.54. The summed E-state index contributed by atoms with van der Waals surface area (Å²) in [4.78, 5) is 55.5. The number of hydrogen-bond acceptors (Lipinski definition) is 5. The molecule has 1 aromatic heterocycles. The van der Waals surface area contributed by atoms with E-state index >= 15 is 0 Å². The molecule has 2 aliphatic rings. The number of anilines is 1. The number of aryl methyl sites for hydroxylation is 1. The first-order valence-corrected chi connectivity index (χ1v) is 9.81. The third-order valence-corrected chi connectivity index (χ3v) is 5.54. The van der Waals surface area contributed by atoms with E-state index in [9.17, 15) is 19.2 Å². The largest absolute Gasteiger partial charge is 0.326 e. The average molecular weight is 402 g/mol. The second-order valence-corrected chi connectivity index (χ2v) is 7.43. The molecule has 0 unspecified atom stereocenters. The van der Waals surface area contributed by atoms with Gasteiger partial charge in [-0.2, -0.15) is 0 Å². The summed E-state index contributed by atoms with van der Waals surface area (Å²) in [5.74, 6) is -0.325. The summed E-state index contributed by atoms with van der Waals surface area (Å²) in [6.45, 7) is 0.650. The van der Waals surface area contributed by atoms with Crippen molar-refractivity contribution < 1.29 is 14.4 Å². The molecule has 8 nitrogen and oxygen atoms in total. The lowest BCUT2D eigenvalue weighted by molar-refractivity contribution is -0.116. The smallest absolute Gasteiger partial charge is 0.261 e. The van der Waals surface area contributed by atoms with Gasteiger partial charge in [-0.3, -0.25) is 28.6 Å². The Hall–Kier alpha value is -3.81. The molecule has 150 valence electrons. The zero-order valence-corrected chi connectivity index (χ0v) is 16.1. The highest BCUT2D eigenvalue weighted by Crippen LogP contribution is 2.23. The van der Waals surface area contributed by atoms with Gasteiger partial charge in [0.1, 0.15) is 5.82 Å². The maximum Gasteiger partial charge on any atom is 0.261 e. The molecule has 3 amide bonds. The van der Waals surface area contributed by atoms with Crippen LogP contribution in [0.5, 0.6) is 0 Å². The summed E-state index contributed by atoms with van der Waals surface area (Å²) in [5.41, 5.74) is 1.70. The molecule has 0 bridgehead atoms. The van der Waals surface area contributed by atoms with Crippen LogP contribution in [0.4, 0.5) is 5.69 Å². The van der Waals surface area contributed by atoms with Gasteiger partial charge in [0.15, 0.2) is 0 Å². The minimum Gasteiger partial charge on any atom is -0.326 e. The van der Waals surface area contributed by atoms with Gasteiger partial charge >= 0.3 is 0 Å². The van der Waals surface area contributed by atoms with Crippen molar-refractivity contribution >= 4 is 34.3 Å². The Kier molecular flexibility index (Phi) is 4.20. The van der Waals surface area contributed by atoms with E-state index in [-0.39, 0.29) is 36.2 Å². The van der Waals surface area contributed by atoms with Crippen LogP contribution in [-0.4, -0.2) is 38.7 Å². The predicted molar refractivity (Wildman–Crippen MR) is 109 cm³/mol. The van der Waals surface area contributed by atoms with Crippen LogP contribution < -0.4 is 10.9 Å². The molecular weight excluding hydrogens is 384 g/mol. The summed E-state index contributed by atoms with van der Waals surface area (Å²) < 4.78 is 1.68. The summed E-state index contributed by atoms with van der Waals surface area (Å²) in [7, 11) is 0. The molecule has 0 spiro atoms. The number of benzene rings is 2. The van der Waals surface area contributed by atoms with Crippen molar-refractivity contribution in [2.45, 2.75) is 25.8 Å². The van der Waals surface area contributed by atoms with Crippen molar-refractivity contribution in [3.05, 3.63) is 69.8 Å². The number of imide groups is 1. The summed E-state index contributed by atoms with van der Waals surface area (Å²) in [6.07, 6.45) is 1.66. The Balaban J connectivity index is 1.29. The molecule has 0 saturated carbocycles. The van der Waals surface area contributed by atoms with Crippen molar-refractivity contribution in [1.82, 2.24) is 14.5 Å². The normalized spacial score (nSPS) is 14.9. The number of fused-ring (bicyclic) bond motifs is 3. The maximum atomic E-state index is 12.7. The predicted octanol–water partition coefficient (Wildman–Crippen LogP) is 1.97. The highest BCUT2D eigenvalue weighted by Gasteiger charge is 2.34. The van der Waals surface area contributed by atoms with Crippen LogP contribution in [0, 0.1) is 0 Å². The van der Waals surface area contributed by atoms with Gasteiger partial charge in [0.05, 0.1) is 22.0 Å². The van der Waals surface area contributed by atoms with Crippen LogP contribution in [0.1, 0.15) is 39.4 Å². The molecule has 30 heavy (non-hydrogen) atoms. The van der Waals surface area contributed by atoms with Gasteiger partial charge in [0, 0.05) is 31.6 Å². The van der Waals surface area contributed by atoms with Gasteiger partial charge < -0.3 is 5.32 Å². The van der Waals surface area contributed by atoms with Crippen molar-refractivity contribution in [2.75, 3.05) is 11.9 Å². The summed E-state index contributed by atoms with van der Waals surface area (Å²) in [6, 6.07) is 11.6. The van der Waals surface area contributed by atoms with E-state index in [1.165, 1.54) is 0 Å². The fourth-order valence-corrected chi connectivity index (χ4v) is 4.04. The summed E-state index contributed by atoms with van der Waals surface area (Å²) >= 11 is 0. The van der Waals surface area contributed by atoms with Gasteiger partial charge in [0.25, 0.3) is 17.4 Å². The fraction of sp³-hybridized carbons (Fsp3) is 0.227. The van der Waals surface area contributed by atoms with Gasteiger partial charge in [-0.15, -0.1) is 0 Å². The SMILES string of the molecule is O=C(CCN1C(=O)c2ccccc2C1=O)Nc1ccc2nc3n(c(=O)c2c1)CCC3. The van der Waals surface area contributed by atoms with Crippen LogP contribution >= 0.6 is 0 Å². The maximum absolute atomic E-state index is 12.7. The molecule has 5 rings (SSSR count). The Morgan fingerprint density at radius 1 is 1.03 bits per heavy atom. The molecule has 2 aromatic carbocycles. The number of carbonyl (C=O) groups excluding carboxylic acids is 3. The molecule has 0 saturated heterocycles. The van der Waals surface area contributed by atoms with Crippen molar-refractivity contribution in [3.8, 4) is 0 Å². The second-order valence-electron chi connectivity index (χ2n) is 7.43. The monoisotopic (exact) mass is 402 g/mol. The third kappa shape index (κ3) is 2.88. The second kappa shape index (κ2) is 6.91. The molecule has 0 fully saturated rings. The molecular formula is C22H18N4O4. The van der Waals surface area contributed by atoms with E-state index in [0.717, 1.165) is 23.6 Å². The number of nitrogens with zero attached hydrogens (tertiary/aromatic N) is 3. The van der Waals surface area contributed by atoms with E-state index in [2.05, 4.69) is 10.3 Å². The zero-order valence-electron chi connectivity index (χ0n) is 16.1. The highest BCUT2D eigenvalue weighted by atomic mass is 16.2. The van der Waals surface area contributed by atoms with E-state index in [0.29, 0.717) is 34.3 Å². The lowest BCUT2D eigenvalue weighted by Gasteiger charge is -2.13. The highest BCUT2D eigenvalue weighted by molar-refractivity contribution is 6.21. The molecule has 2 aliphatic heterocycles. The number of amides is 3. The Bertz CT molecular complexity index is 1260. The van der Waals surface area contributed by atoms with Crippen molar-refractivity contribution in [3.63, 3.8) is 0 Å². The topological polar surface area (TPSA) is 101 Å². The van der Waals surface area contributed by atoms with Gasteiger partial charge in [-0.1, -0.05) is 12.1 Å². The average Bonchev–Trinajstić information content (AvgIpc) is 3.31. The van der Waals surface area contributed by atoms with E-state index in [1.807, 2.05) is 0 Å². The molecule has 0 aliphatic carbocycles. The van der Waals surface area contributed by atoms with Crippen LogP contribution in [0.25, 0.3) is 10.9 Å². The van der Waals surface area contributed by atoms with Gasteiger partial charge in [-0.05, 0) is 36.8 Å². The summed E-state index contributed by atoms with van der Waals surface area (Å²) in [5, 5.41) is 3.20. The Labute approximate surface area is 171 Å². The Morgan fingerprint density at radius 2 is 1.77 bits per heavy atom. The molecule has 3 aromatic rings. The molecule has 0 atom stereocenters. The number of aromatic nitrogens is 2. The van der Waals surface area contributed by atoms with Crippen molar-refractivity contribution in [2.24, 2.45) is 0 Å². The molecule has 0 radical (unpaired) electrons. The quantitative estimate of drug-likeness (QED) is 0.673. The van der Waals surface area contributed by atoms with Crippen LogP contribution in [0.2, 0.25) is 0 Å². The first-order valence-electron chi connectivity index (χ1n) is 9.81. The van der Waals surface area contributed by atoms with Gasteiger partial charge in [-0.25, -0.2) is 4.98 Å². The first kappa shape index (κ1) is 18.2. The van der Waals surface area contributed by atoms with Crippen LogP contribution in [-0.2, 0) is 17.8 Å². The van der Waals surface area contributed by atoms with E-state index in [1.54, 1.807) is 47.0 Å². The minimum atomic E-state index is -0.387. The number of hydrogen-bond donors (Lipinski definition) is 1. The van der Waals surface area contributed by atoms with Crippen LogP contribution in [0.15, 0.2) is 47.3 Å². The molecule has 3 heterocycles. The van der Waals surface area contributed by atoms with Crippen LogP contribution in [0.3, 0.4) is 0 Å². The lowest BCUT2D eigenvalue weighted by Crippen LogP contribution is -2.32. The van der Waals surface area contributed by atoms with E-state index in [4.69, 9.17) is 0 Å². The van der Waals surface area contributed by atoms with Gasteiger partial charge in [0.2, 0.25) is 5.91 Å². The molecule has 8 heteroatoms. The number of rotatable bonds is 4. The number of nitrogens with one attached hydrogen (secondary N) is 1. The molecule has 1 N–H and O–H groups in total. The van der Waals surface area contributed by atoms with E-state index < -0.39 is 0 Å². The minimum absolute atomic E-state index is 0.0104. The fourth-order valence-electron chi connectivity index (χ4n) is 4.04. The first-order chi connectivity index (χ1) is 14.5. The number of carbonyl (C=O) groups is 3. The zero-order chi connectivity index (χ0) is 20.8. The lowest BCUT2D eigenvalue weighted by atomic mass is 10.1.